The number of para-hydroxylation sites is 1. The van der Waals surface area contributed by atoms with Crippen LogP contribution in [-0.4, -0.2) is 44.9 Å². The maximum absolute atomic E-state index is 12.4. The van der Waals surface area contributed by atoms with Crippen LogP contribution in [0.5, 0.6) is 0 Å². The van der Waals surface area contributed by atoms with Crippen LogP contribution in [0.2, 0.25) is 0 Å². The van der Waals surface area contributed by atoms with Crippen LogP contribution in [0.3, 0.4) is 0 Å². The van der Waals surface area contributed by atoms with E-state index in [0.29, 0.717) is 18.7 Å². The second-order valence-electron chi connectivity index (χ2n) is 5.99. The molecule has 0 aliphatic carbocycles. The molecule has 1 unspecified atom stereocenters. The van der Waals surface area contributed by atoms with Gasteiger partial charge in [0.1, 0.15) is 0 Å². The lowest BCUT2D eigenvalue weighted by Crippen LogP contribution is -2.34. The van der Waals surface area contributed by atoms with Crippen LogP contribution in [0.25, 0.3) is 5.69 Å². The van der Waals surface area contributed by atoms with E-state index in [1.807, 2.05) is 44.2 Å². The highest BCUT2D eigenvalue weighted by molar-refractivity contribution is 5.91. The van der Waals surface area contributed by atoms with Gasteiger partial charge in [-0.1, -0.05) is 18.2 Å². The van der Waals surface area contributed by atoms with Crippen molar-refractivity contribution >= 4 is 17.7 Å². The predicted octanol–water partition coefficient (Wildman–Crippen LogP) is 2.43. The Hall–Kier alpha value is -2.83. The minimum absolute atomic E-state index is 0.242. The fourth-order valence-electron chi connectivity index (χ4n) is 2.98. The SMILES string of the molecule is Cc1nn(-c2ccccc2)c(C)c1NC(=O)N1CCC(C(=O)O)C1. The van der Waals surface area contributed by atoms with Crippen molar-refractivity contribution < 1.29 is 14.7 Å². The molecule has 1 saturated heterocycles. The van der Waals surface area contributed by atoms with Crippen molar-refractivity contribution in [2.24, 2.45) is 5.92 Å². The topological polar surface area (TPSA) is 87.5 Å². The molecule has 24 heavy (non-hydrogen) atoms. The Morgan fingerprint density at radius 2 is 1.96 bits per heavy atom. The van der Waals surface area contributed by atoms with E-state index in [-0.39, 0.29) is 12.6 Å². The third-order valence-corrected chi connectivity index (χ3v) is 4.35. The number of carboxylic acid groups (broad SMARTS) is 1. The molecule has 126 valence electrons. The highest BCUT2D eigenvalue weighted by Gasteiger charge is 2.31. The smallest absolute Gasteiger partial charge is 0.321 e. The number of nitrogens with zero attached hydrogens (tertiary/aromatic N) is 3. The zero-order valence-electron chi connectivity index (χ0n) is 13.7. The molecule has 0 spiro atoms. The predicted molar refractivity (Wildman–Crippen MR) is 89.4 cm³/mol. The lowest BCUT2D eigenvalue weighted by Gasteiger charge is -2.17. The van der Waals surface area contributed by atoms with Gasteiger partial charge in [0.2, 0.25) is 0 Å². The van der Waals surface area contributed by atoms with Gasteiger partial charge in [0, 0.05) is 13.1 Å². The summed E-state index contributed by atoms with van der Waals surface area (Å²) in [6.45, 7) is 4.43. The Labute approximate surface area is 139 Å². The van der Waals surface area contributed by atoms with Crippen LogP contribution in [0.4, 0.5) is 10.5 Å². The van der Waals surface area contributed by atoms with E-state index in [9.17, 15) is 9.59 Å². The summed E-state index contributed by atoms with van der Waals surface area (Å²) in [5.74, 6) is -1.33. The highest BCUT2D eigenvalue weighted by atomic mass is 16.4. The number of rotatable bonds is 3. The summed E-state index contributed by atoms with van der Waals surface area (Å²) in [5, 5.41) is 16.4. The first kappa shape index (κ1) is 16.0. The molecule has 7 nitrogen and oxygen atoms in total. The summed E-state index contributed by atoms with van der Waals surface area (Å²) in [5.41, 5.74) is 3.15. The Bertz CT molecular complexity index is 770. The highest BCUT2D eigenvalue weighted by Crippen LogP contribution is 2.24. The number of anilines is 1. The normalized spacial score (nSPS) is 17.1. The molecule has 1 aliphatic heterocycles. The number of aliphatic carboxylic acids is 1. The van der Waals surface area contributed by atoms with Gasteiger partial charge in [-0.2, -0.15) is 5.10 Å². The van der Waals surface area contributed by atoms with Gasteiger partial charge in [-0.05, 0) is 32.4 Å². The summed E-state index contributed by atoms with van der Waals surface area (Å²) in [4.78, 5) is 25.0. The van der Waals surface area contributed by atoms with E-state index in [4.69, 9.17) is 5.11 Å². The number of benzene rings is 1. The molecule has 2 amide bonds. The molecular formula is C17H20N4O3. The monoisotopic (exact) mass is 328 g/mol. The number of carboxylic acids is 1. The summed E-state index contributed by atoms with van der Waals surface area (Å²) < 4.78 is 1.79. The molecule has 1 aromatic heterocycles. The van der Waals surface area contributed by atoms with Crippen molar-refractivity contribution in [1.82, 2.24) is 14.7 Å². The molecule has 0 bridgehead atoms. The van der Waals surface area contributed by atoms with Crippen molar-refractivity contribution in [3.63, 3.8) is 0 Å². The Kier molecular flexibility index (Phi) is 4.24. The maximum atomic E-state index is 12.4. The van der Waals surface area contributed by atoms with Gasteiger partial charge < -0.3 is 15.3 Å². The number of aromatic nitrogens is 2. The Morgan fingerprint density at radius 3 is 2.58 bits per heavy atom. The number of carbonyl (C=O) groups excluding carboxylic acids is 1. The minimum atomic E-state index is -0.852. The number of carbonyl (C=O) groups is 2. The van der Waals surface area contributed by atoms with Crippen LogP contribution >= 0.6 is 0 Å². The second kappa shape index (κ2) is 6.35. The molecule has 1 aromatic carbocycles. The van der Waals surface area contributed by atoms with E-state index in [1.54, 1.807) is 4.68 Å². The van der Waals surface area contributed by atoms with Crippen LogP contribution in [0, 0.1) is 19.8 Å². The molecule has 1 fully saturated rings. The molecule has 1 atom stereocenters. The van der Waals surface area contributed by atoms with Crippen LogP contribution < -0.4 is 5.32 Å². The molecule has 7 heteroatoms. The molecule has 2 N–H and O–H groups in total. The largest absolute Gasteiger partial charge is 0.481 e. The fraction of sp³-hybridized carbons (Fsp3) is 0.353. The Balaban J connectivity index is 1.78. The van der Waals surface area contributed by atoms with Gasteiger partial charge in [0.05, 0.1) is 28.7 Å². The molecule has 2 aromatic rings. The number of urea groups is 1. The van der Waals surface area contributed by atoms with Gasteiger partial charge in [-0.15, -0.1) is 0 Å². The van der Waals surface area contributed by atoms with Gasteiger partial charge in [-0.25, -0.2) is 9.48 Å². The molecule has 2 heterocycles. The summed E-state index contributed by atoms with van der Waals surface area (Å²) in [6, 6.07) is 9.41. The number of hydrogen-bond donors (Lipinski definition) is 2. The lowest BCUT2D eigenvalue weighted by atomic mass is 10.1. The lowest BCUT2D eigenvalue weighted by molar-refractivity contribution is -0.141. The molecule has 0 saturated carbocycles. The van der Waals surface area contributed by atoms with E-state index in [0.717, 1.165) is 17.1 Å². The molecular weight excluding hydrogens is 308 g/mol. The first-order valence-corrected chi connectivity index (χ1v) is 7.87. The zero-order valence-corrected chi connectivity index (χ0v) is 13.7. The first-order valence-electron chi connectivity index (χ1n) is 7.87. The summed E-state index contributed by atoms with van der Waals surface area (Å²) >= 11 is 0. The second-order valence-corrected chi connectivity index (χ2v) is 5.99. The number of hydrogen-bond acceptors (Lipinski definition) is 3. The zero-order chi connectivity index (χ0) is 17.3. The molecule has 0 radical (unpaired) electrons. The van der Waals surface area contributed by atoms with Crippen molar-refractivity contribution in [3.05, 3.63) is 41.7 Å². The van der Waals surface area contributed by atoms with E-state index >= 15 is 0 Å². The maximum Gasteiger partial charge on any atom is 0.321 e. The first-order chi connectivity index (χ1) is 11.5. The van der Waals surface area contributed by atoms with Crippen molar-refractivity contribution in [3.8, 4) is 5.69 Å². The Morgan fingerprint density at radius 1 is 1.25 bits per heavy atom. The van der Waals surface area contributed by atoms with Crippen LogP contribution in [-0.2, 0) is 4.79 Å². The molecule has 1 aliphatic rings. The number of nitrogens with one attached hydrogen (secondary N) is 1. The van der Waals surface area contributed by atoms with E-state index in [1.165, 1.54) is 4.90 Å². The summed E-state index contributed by atoms with van der Waals surface area (Å²) in [6.07, 6.45) is 0.490. The standard InChI is InChI=1S/C17H20N4O3/c1-11-15(12(2)21(19-11)14-6-4-3-5-7-14)18-17(24)20-9-8-13(10-20)16(22)23/h3-7,13H,8-10H2,1-2H3,(H,18,24)(H,22,23). The fourth-order valence-corrected chi connectivity index (χ4v) is 2.98. The van der Waals surface area contributed by atoms with Gasteiger partial charge in [-0.3, -0.25) is 4.79 Å². The van der Waals surface area contributed by atoms with Gasteiger partial charge in [0.15, 0.2) is 0 Å². The van der Waals surface area contributed by atoms with Crippen LogP contribution in [0.15, 0.2) is 30.3 Å². The quantitative estimate of drug-likeness (QED) is 0.906. The number of amides is 2. The third-order valence-electron chi connectivity index (χ3n) is 4.35. The van der Waals surface area contributed by atoms with Crippen LogP contribution in [0.1, 0.15) is 17.8 Å². The van der Waals surface area contributed by atoms with E-state index in [2.05, 4.69) is 10.4 Å². The number of aryl methyl sites for hydroxylation is 1. The number of likely N-dealkylation sites (tertiary alicyclic amines) is 1. The van der Waals surface area contributed by atoms with Gasteiger partial charge >= 0.3 is 12.0 Å². The minimum Gasteiger partial charge on any atom is -0.481 e. The van der Waals surface area contributed by atoms with Crippen molar-refractivity contribution in [2.45, 2.75) is 20.3 Å². The van der Waals surface area contributed by atoms with E-state index < -0.39 is 11.9 Å². The third kappa shape index (κ3) is 2.97. The van der Waals surface area contributed by atoms with Crippen molar-refractivity contribution in [1.29, 1.82) is 0 Å². The van der Waals surface area contributed by atoms with Gasteiger partial charge in [0.25, 0.3) is 0 Å². The molecule has 3 rings (SSSR count). The average Bonchev–Trinajstić information content (AvgIpc) is 3.16. The van der Waals surface area contributed by atoms with Crippen molar-refractivity contribution in [2.75, 3.05) is 18.4 Å². The average molecular weight is 328 g/mol. The summed E-state index contributed by atoms with van der Waals surface area (Å²) in [7, 11) is 0.